The van der Waals surface area contributed by atoms with Gasteiger partial charge in [0.1, 0.15) is 0 Å². The summed E-state index contributed by atoms with van der Waals surface area (Å²) in [7, 11) is 1.31. The van der Waals surface area contributed by atoms with Crippen molar-refractivity contribution in [3.05, 3.63) is 33.9 Å². The summed E-state index contributed by atoms with van der Waals surface area (Å²) in [5.41, 5.74) is -0.0405. The van der Waals surface area contributed by atoms with Crippen molar-refractivity contribution >= 4 is 11.6 Å². The first-order valence-corrected chi connectivity index (χ1v) is 5.63. The van der Waals surface area contributed by atoms with Gasteiger partial charge < -0.3 is 10.1 Å². The second kappa shape index (κ2) is 6.00. The predicted molar refractivity (Wildman–Crippen MR) is 66.9 cm³/mol. The van der Waals surface area contributed by atoms with Crippen LogP contribution < -0.4 is 10.1 Å². The highest BCUT2D eigenvalue weighted by Gasteiger charge is 2.22. The molecule has 0 aliphatic carbocycles. The van der Waals surface area contributed by atoms with Crippen LogP contribution in [0.2, 0.25) is 0 Å². The lowest BCUT2D eigenvalue weighted by Gasteiger charge is -2.13. The molecule has 1 aromatic rings. The van der Waals surface area contributed by atoms with Gasteiger partial charge >= 0.3 is 5.69 Å². The molecule has 0 aromatic heterocycles. The monoisotopic (exact) mass is 252 g/mol. The van der Waals surface area contributed by atoms with Crippen LogP contribution in [0.5, 0.6) is 5.75 Å². The molecule has 0 heterocycles. The zero-order chi connectivity index (χ0) is 13.7. The summed E-state index contributed by atoms with van der Waals surface area (Å²) in [6.45, 7) is 3.80. The topological polar surface area (TPSA) is 81.5 Å². The largest absolute Gasteiger partial charge is 0.490 e. The Morgan fingerprint density at radius 3 is 2.72 bits per heavy atom. The first kappa shape index (κ1) is 14.0. The van der Waals surface area contributed by atoms with Crippen molar-refractivity contribution in [3.63, 3.8) is 0 Å². The highest BCUT2D eigenvalue weighted by atomic mass is 16.6. The van der Waals surface area contributed by atoms with Crippen molar-refractivity contribution in [2.75, 3.05) is 7.11 Å². The molecule has 1 atom stereocenters. The van der Waals surface area contributed by atoms with Crippen molar-refractivity contribution < 1.29 is 14.5 Å². The summed E-state index contributed by atoms with van der Waals surface area (Å²) in [5.74, 6) is -0.381. The van der Waals surface area contributed by atoms with Gasteiger partial charge in [0.2, 0.25) is 5.75 Å². The number of benzene rings is 1. The van der Waals surface area contributed by atoms with Gasteiger partial charge in [0, 0.05) is 12.1 Å². The molecule has 0 aliphatic heterocycles. The Bertz CT molecular complexity index is 459. The van der Waals surface area contributed by atoms with E-state index in [0.717, 1.165) is 6.42 Å². The van der Waals surface area contributed by atoms with Crippen LogP contribution in [-0.4, -0.2) is 24.0 Å². The van der Waals surface area contributed by atoms with Gasteiger partial charge in [-0.05, 0) is 19.4 Å². The molecule has 1 N–H and O–H groups in total. The molecule has 0 fully saturated rings. The standard InChI is InChI=1S/C12H16N2O4/c1-4-8(2)13-12(15)9-6-5-7-10(14(16)17)11(9)18-3/h5-8H,4H2,1-3H3,(H,13,15). The fourth-order valence-electron chi connectivity index (χ4n) is 1.47. The van der Waals surface area contributed by atoms with Crippen LogP contribution in [0.3, 0.4) is 0 Å². The normalized spacial score (nSPS) is 11.7. The lowest BCUT2D eigenvalue weighted by molar-refractivity contribution is -0.385. The van der Waals surface area contributed by atoms with Gasteiger partial charge in [-0.25, -0.2) is 0 Å². The van der Waals surface area contributed by atoms with Crippen molar-refractivity contribution in [3.8, 4) is 5.75 Å². The predicted octanol–water partition coefficient (Wildman–Crippen LogP) is 2.13. The van der Waals surface area contributed by atoms with Gasteiger partial charge in [-0.3, -0.25) is 14.9 Å². The third-order valence-corrected chi connectivity index (χ3v) is 2.63. The van der Waals surface area contributed by atoms with Crippen molar-refractivity contribution in [2.45, 2.75) is 26.3 Å². The summed E-state index contributed by atoms with van der Waals surface area (Å²) >= 11 is 0. The third-order valence-electron chi connectivity index (χ3n) is 2.63. The molecule has 1 rings (SSSR count). The van der Waals surface area contributed by atoms with Crippen molar-refractivity contribution in [2.24, 2.45) is 0 Å². The highest BCUT2D eigenvalue weighted by molar-refractivity contribution is 5.98. The molecular formula is C12H16N2O4. The van der Waals surface area contributed by atoms with E-state index in [2.05, 4.69) is 5.32 Å². The van der Waals surface area contributed by atoms with Crippen molar-refractivity contribution in [1.29, 1.82) is 0 Å². The van der Waals surface area contributed by atoms with Crippen LogP contribution in [0.1, 0.15) is 30.6 Å². The number of carbonyl (C=O) groups excluding carboxylic acids is 1. The number of para-hydroxylation sites is 1. The Hall–Kier alpha value is -2.11. The van der Waals surface area contributed by atoms with Gasteiger partial charge in [0.15, 0.2) is 0 Å². The van der Waals surface area contributed by atoms with Crippen LogP contribution >= 0.6 is 0 Å². The van der Waals surface area contributed by atoms with Gasteiger partial charge in [-0.15, -0.1) is 0 Å². The molecular weight excluding hydrogens is 236 g/mol. The summed E-state index contributed by atoms with van der Waals surface area (Å²) in [6.07, 6.45) is 0.781. The van der Waals surface area contributed by atoms with Crippen LogP contribution in [-0.2, 0) is 0 Å². The van der Waals surface area contributed by atoms with Gasteiger partial charge in [0.05, 0.1) is 17.6 Å². The smallest absolute Gasteiger partial charge is 0.311 e. The quantitative estimate of drug-likeness (QED) is 0.643. The van der Waals surface area contributed by atoms with Crippen LogP contribution in [0.15, 0.2) is 18.2 Å². The molecule has 0 saturated heterocycles. The molecule has 1 amide bonds. The van der Waals surface area contributed by atoms with Crippen LogP contribution in [0.25, 0.3) is 0 Å². The molecule has 0 spiro atoms. The number of ether oxygens (including phenoxy) is 1. The number of amides is 1. The number of nitrogens with one attached hydrogen (secondary N) is 1. The first-order chi connectivity index (χ1) is 8.51. The van der Waals surface area contributed by atoms with E-state index in [-0.39, 0.29) is 28.9 Å². The average molecular weight is 252 g/mol. The van der Waals surface area contributed by atoms with Crippen LogP contribution in [0.4, 0.5) is 5.69 Å². The maximum absolute atomic E-state index is 12.0. The molecule has 18 heavy (non-hydrogen) atoms. The molecule has 0 aliphatic rings. The Balaban J connectivity index is 3.12. The number of nitro benzene ring substituents is 1. The SMILES string of the molecule is CCC(C)NC(=O)c1cccc([N+](=O)[O-])c1OC. The van der Waals surface area contributed by atoms with Crippen LogP contribution in [0, 0.1) is 10.1 Å². The van der Waals surface area contributed by atoms with E-state index in [4.69, 9.17) is 4.74 Å². The molecule has 0 radical (unpaired) electrons. The number of methoxy groups -OCH3 is 1. The number of nitrogens with zero attached hydrogens (tertiary/aromatic N) is 1. The van der Waals surface area contributed by atoms with E-state index in [1.54, 1.807) is 0 Å². The van der Waals surface area contributed by atoms with E-state index < -0.39 is 4.92 Å². The summed E-state index contributed by atoms with van der Waals surface area (Å²) in [5, 5.41) is 13.6. The number of hydrogen-bond acceptors (Lipinski definition) is 4. The third kappa shape index (κ3) is 2.97. The zero-order valence-electron chi connectivity index (χ0n) is 10.6. The minimum atomic E-state index is -0.571. The highest BCUT2D eigenvalue weighted by Crippen LogP contribution is 2.30. The van der Waals surface area contributed by atoms with Gasteiger partial charge in [-0.1, -0.05) is 13.0 Å². The summed E-state index contributed by atoms with van der Waals surface area (Å²) in [6, 6.07) is 4.27. The van der Waals surface area contributed by atoms with E-state index in [1.165, 1.54) is 25.3 Å². The van der Waals surface area contributed by atoms with E-state index in [1.807, 2.05) is 13.8 Å². The number of rotatable bonds is 5. The second-order valence-electron chi connectivity index (χ2n) is 3.90. The summed E-state index contributed by atoms with van der Waals surface area (Å²) in [4.78, 5) is 22.2. The molecule has 6 nitrogen and oxygen atoms in total. The first-order valence-electron chi connectivity index (χ1n) is 5.63. The maximum Gasteiger partial charge on any atom is 0.311 e. The lowest BCUT2D eigenvalue weighted by Crippen LogP contribution is -2.32. The minimum absolute atomic E-state index is 0.00136. The maximum atomic E-state index is 12.0. The number of nitro groups is 1. The lowest BCUT2D eigenvalue weighted by atomic mass is 10.1. The van der Waals surface area contributed by atoms with E-state index in [0.29, 0.717) is 0 Å². The summed E-state index contributed by atoms with van der Waals surface area (Å²) < 4.78 is 4.97. The fourth-order valence-corrected chi connectivity index (χ4v) is 1.47. The van der Waals surface area contributed by atoms with E-state index >= 15 is 0 Å². The Morgan fingerprint density at radius 1 is 1.56 bits per heavy atom. The van der Waals surface area contributed by atoms with E-state index in [9.17, 15) is 14.9 Å². The van der Waals surface area contributed by atoms with Gasteiger partial charge in [-0.2, -0.15) is 0 Å². The number of hydrogen-bond donors (Lipinski definition) is 1. The minimum Gasteiger partial charge on any atom is -0.490 e. The second-order valence-corrected chi connectivity index (χ2v) is 3.90. The Morgan fingerprint density at radius 2 is 2.22 bits per heavy atom. The molecule has 6 heteroatoms. The Kier molecular flexibility index (Phi) is 4.65. The molecule has 0 bridgehead atoms. The van der Waals surface area contributed by atoms with Crippen molar-refractivity contribution in [1.82, 2.24) is 5.32 Å². The molecule has 98 valence electrons. The zero-order valence-corrected chi connectivity index (χ0v) is 10.6. The average Bonchev–Trinajstić information content (AvgIpc) is 2.37. The molecule has 1 unspecified atom stereocenters. The number of carbonyl (C=O) groups is 1. The molecule has 0 saturated carbocycles. The Labute approximate surface area is 105 Å². The van der Waals surface area contributed by atoms with Gasteiger partial charge in [0.25, 0.3) is 5.91 Å². The fraction of sp³-hybridized carbons (Fsp3) is 0.417. The molecule has 1 aromatic carbocycles.